The third-order valence-electron chi connectivity index (χ3n) is 2.89. The first-order valence-electron chi connectivity index (χ1n) is 6.58. The SMILES string of the molecule is Cc1nc(CC(=O)NCc2ccc(CS(N)(=O)=O)cc2)cs1. The quantitative estimate of drug-likeness (QED) is 0.822. The van der Waals surface area contributed by atoms with E-state index in [9.17, 15) is 13.2 Å². The monoisotopic (exact) mass is 339 g/mol. The van der Waals surface area contributed by atoms with E-state index in [0.29, 0.717) is 12.1 Å². The Kier molecular flexibility index (Phi) is 5.28. The van der Waals surface area contributed by atoms with Crippen LogP contribution in [0.3, 0.4) is 0 Å². The first-order chi connectivity index (χ1) is 10.3. The summed E-state index contributed by atoms with van der Waals surface area (Å²) in [5.41, 5.74) is 2.28. The molecule has 118 valence electrons. The molecule has 0 fully saturated rings. The van der Waals surface area contributed by atoms with E-state index in [1.807, 2.05) is 12.3 Å². The van der Waals surface area contributed by atoms with Crippen LogP contribution in [0.15, 0.2) is 29.6 Å². The zero-order valence-electron chi connectivity index (χ0n) is 12.1. The predicted molar refractivity (Wildman–Crippen MR) is 85.7 cm³/mol. The second-order valence-corrected chi connectivity index (χ2v) is 7.61. The van der Waals surface area contributed by atoms with Crippen molar-refractivity contribution in [3.8, 4) is 0 Å². The Labute approximate surface area is 133 Å². The molecule has 0 bridgehead atoms. The van der Waals surface area contributed by atoms with Crippen LogP contribution < -0.4 is 10.5 Å². The minimum Gasteiger partial charge on any atom is -0.352 e. The lowest BCUT2D eigenvalue weighted by Crippen LogP contribution is -2.24. The number of nitrogens with zero attached hydrogens (tertiary/aromatic N) is 1. The van der Waals surface area contributed by atoms with Crippen LogP contribution in [0.5, 0.6) is 0 Å². The van der Waals surface area contributed by atoms with Crippen LogP contribution in [0.4, 0.5) is 0 Å². The molecule has 0 atom stereocenters. The number of amides is 1. The molecule has 0 saturated heterocycles. The molecule has 3 N–H and O–H groups in total. The van der Waals surface area contributed by atoms with E-state index >= 15 is 0 Å². The Morgan fingerprint density at radius 3 is 2.45 bits per heavy atom. The van der Waals surface area contributed by atoms with E-state index in [4.69, 9.17) is 5.14 Å². The molecule has 0 aliphatic carbocycles. The molecule has 1 aromatic carbocycles. The van der Waals surface area contributed by atoms with E-state index in [1.165, 1.54) is 11.3 Å². The average molecular weight is 339 g/mol. The number of carbonyl (C=O) groups excluding carboxylic acids is 1. The lowest BCUT2D eigenvalue weighted by atomic mass is 10.1. The van der Waals surface area contributed by atoms with Gasteiger partial charge in [-0.25, -0.2) is 18.5 Å². The van der Waals surface area contributed by atoms with Crippen LogP contribution in [0.25, 0.3) is 0 Å². The van der Waals surface area contributed by atoms with Crippen molar-refractivity contribution < 1.29 is 13.2 Å². The van der Waals surface area contributed by atoms with Crippen molar-refractivity contribution in [1.82, 2.24) is 10.3 Å². The van der Waals surface area contributed by atoms with Crippen LogP contribution in [0.2, 0.25) is 0 Å². The number of thiazole rings is 1. The van der Waals surface area contributed by atoms with Gasteiger partial charge in [-0.15, -0.1) is 11.3 Å². The summed E-state index contributed by atoms with van der Waals surface area (Å²) < 4.78 is 22.0. The maximum absolute atomic E-state index is 11.8. The Hall–Kier alpha value is -1.77. The van der Waals surface area contributed by atoms with Gasteiger partial charge in [-0.2, -0.15) is 0 Å². The number of aryl methyl sites for hydroxylation is 1. The zero-order chi connectivity index (χ0) is 16.2. The molecule has 1 aromatic heterocycles. The number of sulfonamides is 1. The van der Waals surface area contributed by atoms with E-state index in [0.717, 1.165) is 16.3 Å². The summed E-state index contributed by atoms with van der Waals surface area (Å²) in [6.07, 6.45) is 0.258. The number of nitrogens with two attached hydrogens (primary N) is 1. The van der Waals surface area contributed by atoms with Crippen molar-refractivity contribution in [3.63, 3.8) is 0 Å². The Morgan fingerprint density at radius 1 is 1.27 bits per heavy atom. The first kappa shape index (κ1) is 16.6. The number of primary sulfonamides is 1. The molecule has 22 heavy (non-hydrogen) atoms. The van der Waals surface area contributed by atoms with Crippen LogP contribution in [-0.2, 0) is 33.5 Å². The van der Waals surface area contributed by atoms with Crippen molar-refractivity contribution in [3.05, 3.63) is 51.5 Å². The normalized spacial score (nSPS) is 11.4. The highest BCUT2D eigenvalue weighted by Gasteiger charge is 2.07. The van der Waals surface area contributed by atoms with Crippen LogP contribution >= 0.6 is 11.3 Å². The van der Waals surface area contributed by atoms with E-state index < -0.39 is 10.0 Å². The summed E-state index contributed by atoms with van der Waals surface area (Å²) in [6, 6.07) is 6.92. The molecule has 6 nitrogen and oxygen atoms in total. The van der Waals surface area contributed by atoms with Gasteiger partial charge < -0.3 is 5.32 Å². The number of aromatic nitrogens is 1. The van der Waals surface area contributed by atoms with Crippen molar-refractivity contribution in [1.29, 1.82) is 0 Å². The van der Waals surface area contributed by atoms with Gasteiger partial charge in [0.25, 0.3) is 0 Å². The molecular formula is C14H17N3O3S2. The summed E-state index contributed by atoms with van der Waals surface area (Å²) >= 11 is 1.52. The molecule has 2 aromatic rings. The van der Waals surface area contributed by atoms with Gasteiger partial charge in [-0.05, 0) is 18.1 Å². The Balaban J connectivity index is 1.85. The highest BCUT2D eigenvalue weighted by Crippen LogP contribution is 2.09. The summed E-state index contributed by atoms with van der Waals surface area (Å²) in [5, 5.41) is 10.6. The van der Waals surface area contributed by atoms with Gasteiger partial charge in [0, 0.05) is 11.9 Å². The minimum atomic E-state index is -3.52. The Bertz CT molecular complexity index is 752. The molecule has 0 saturated carbocycles. The number of hydrogen-bond donors (Lipinski definition) is 2. The van der Waals surface area contributed by atoms with Gasteiger partial charge in [0.15, 0.2) is 0 Å². The number of carbonyl (C=O) groups is 1. The smallest absolute Gasteiger partial charge is 0.226 e. The molecule has 0 spiro atoms. The molecule has 0 aliphatic heterocycles. The van der Waals surface area contributed by atoms with Crippen LogP contribution in [-0.4, -0.2) is 19.3 Å². The molecule has 2 rings (SSSR count). The first-order valence-corrected chi connectivity index (χ1v) is 9.17. The molecule has 8 heteroatoms. The number of rotatable bonds is 6. The number of hydrogen-bond acceptors (Lipinski definition) is 5. The van der Waals surface area contributed by atoms with Gasteiger partial charge in [0.1, 0.15) is 0 Å². The van der Waals surface area contributed by atoms with Gasteiger partial charge in [-0.1, -0.05) is 24.3 Å². The number of nitrogens with one attached hydrogen (secondary N) is 1. The maximum Gasteiger partial charge on any atom is 0.226 e. The maximum atomic E-state index is 11.8. The van der Waals surface area contributed by atoms with Crippen LogP contribution in [0, 0.1) is 6.92 Å². The predicted octanol–water partition coefficient (Wildman–Crippen LogP) is 1.10. The van der Waals surface area contributed by atoms with Crippen molar-refractivity contribution in [2.24, 2.45) is 5.14 Å². The van der Waals surface area contributed by atoms with E-state index in [2.05, 4.69) is 10.3 Å². The zero-order valence-corrected chi connectivity index (χ0v) is 13.7. The van der Waals surface area contributed by atoms with Gasteiger partial charge in [0.2, 0.25) is 15.9 Å². The second-order valence-electron chi connectivity index (χ2n) is 4.94. The number of benzene rings is 1. The fourth-order valence-electron chi connectivity index (χ4n) is 1.90. The molecule has 1 heterocycles. The van der Waals surface area contributed by atoms with Crippen molar-refractivity contribution in [2.75, 3.05) is 0 Å². The van der Waals surface area contributed by atoms with E-state index in [1.54, 1.807) is 24.3 Å². The lowest BCUT2D eigenvalue weighted by molar-refractivity contribution is -0.120. The summed E-state index contributed by atoms with van der Waals surface area (Å²) in [4.78, 5) is 16.0. The van der Waals surface area contributed by atoms with Crippen LogP contribution in [0.1, 0.15) is 21.8 Å². The van der Waals surface area contributed by atoms with Crippen molar-refractivity contribution >= 4 is 27.3 Å². The van der Waals surface area contributed by atoms with Crippen molar-refractivity contribution in [2.45, 2.75) is 25.6 Å². The Morgan fingerprint density at radius 2 is 1.91 bits per heavy atom. The molecule has 0 radical (unpaired) electrons. The molecule has 0 aliphatic rings. The average Bonchev–Trinajstić information content (AvgIpc) is 2.81. The van der Waals surface area contributed by atoms with Gasteiger partial charge in [0.05, 0.1) is 22.9 Å². The van der Waals surface area contributed by atoms with Gasteiger partial charge in [-0.3, -0.25) is 4.79 Å². The molecular weight excluding hydrogens is 322 g/mol. The third kappa shape index (κ3) is 5.55. The fraction of sp³-hybridized carbons (Fsp3) is 0.286. The molecule has 1 amide bonds. The summed E-state index contributed by atoms with van der Waals surface area (Å²) in [5.74, 6) is -0.290. The summed E-state index contributed by atoms with van der Waals surface area (Å²) in [7, 11) is -3.52. The molecule has 0 unspecified atom stereocenters. The lowest BCUT2D eigenvalue weighted by Gasteiger charge is -2.06. The second kappa shape index (κ2) is 6.99. The highest BCUT2D eigenvalue weighted by molar-refractivity contribution is 7.88. The largest absolute Gasteiger partial charge is 0.352 e. The standard InChI is InChI=1S/C14H17N3O3S2/c1-10-17-13(8-21-10)6-14(18)16-7-11-2-4-12(5-3-11)9-22(15,19)20/h2-5,8H,6-7,9H2,1H3,(H,16,18)(H2,15,19,20). The minimum absolute atomic E-state index is 0.0982. The topological polar surface area (TPSA) is 102 Å². The third-order valence-corrected chi connectivity index (χ3v) is 4.45. The van der Waals surface area contributed by atoms with E-state index in [-0.39, 0.29) is 18.1 Å². The highest BCUT2D eigenvalue weighted by atomic mass is 32.2. The van der Waals surface area contributed by atoms with Gasteiger partial charge >= 0.3 is 0 Å². The summed E-state index contributed by atoms with van der Waals surface area (Å²) in [6.45, 7) is 2.28. The fourth-order valence-corrected chi connectivity index (χ4v) is 3.17.